The van der Waals surface area contributed by atoms with E-state index in [0.29, 0.717) is 33.2 Å². The van der Waals surface area contributed by atoms with Crippen LogP contribution in [0, 0.1) is 12.8 Å². The third-order valence-electron chi connectivity index (χ3n) is 4.63. The Hall–Kier alpha value is -1.18. The standard InChI is InChI=1S/C17H27N3O2S2/c1-12-7-5-6-8-15(12)19-17(23)18-14-10-9-13(2)16(11-14)24(21,22)20(3)4/h9-12,15H,5-8H2,1-4H3,(H2,18,19,23)/t12-,15+/m0/s1. The number of sulfonamides is 1. The maximum absolute atomic E-state index is 12.4. The Bertz CT molecular complexity index is 702. The van der Waals surface area contributed by atoms with Crippen molar-refractivity contribution in [2.75, 3.05) is 19.4 Å². The van der Waals surface area contributed by atoms with E-state index in [2.05, 4.69) is 17.6 Å². The fraction of sp³-hybridized carbons (Fsp3) is 0.588. The van der Waals surface area contributed by atoms with Crippen LogP contribution in [-0.4, -0.2) is 38.0 Å². The zero-order valence-corrected chi connectivity index (χ0v) is 16.4. The summed E-state index contributed by atoms with van der Waals surface area (Å²) in [5, 5.41) is 7.05. The highest BCUT2D eigenvalue weighted by Crippen LogP contribution is 2.25. The van der Waals surface area contributed by atoms with Crippen molar-refractivity contribution in [1.82, 2.24) is 9.62 Å². The normalized spacial score (nSPS) is 21.5. The average Bonchev–Trinajstić information content (AvgIpc) is 2.51. The molecule has 1 saturated carbocycles. The first-order chi connectivity index (χ1) is 11.2. The number of rotatable bonds is 4. The van der Waals surface area contributed by atoms with E-state index in [-0.39, 0.29) is 0 Å². The van der Waals surface area contributed by atoms with Gasteiger partial charge in [0.1, 0.15) is 0 Å². The minimum atomic E-state index is -3.47. The zero-order valence-electron chi connectivity index (χ0n) is 14.8. The highest BCUT2D eigenvalue weighted by molar-refractivity contribution is 7.89. The SMILES string of the molecule is Cc1ccc(NC(=S)N[C@@H]2CCCC[C@@H]2C)cc1S(=O)(=O)N(C)C. The van der Waals surface area contributed by atoms with Crippen molar-refractivity contribution >= 4 is 33.0 Å². The van der Waals surface area contributed by atoms with Gasteiger partial charge in [0, 0.05) is 25.8 Å². The number of nitrogens with one attached hydrogen (secondary N) is 2. The van der Waals surface area contributed by atoms with E-state index >= 15 is 0 Å². The molecule has 0 aliphatic heterocycles. The first-order valence-corrected chi connectivity index (χ1v) is 10.2. The highest BCUT2D eigenvalue weighted by atomic mass is 32.2. The Morgan fingerprint density at radius 1 is 1.25 bits per heavy atom. The monoisotopic (exact) mass is 369 g/mol. The van der Waals surface area contributed by atoms with Crippen molar-refractivity contribution in [3.63, 3.8) is 0 Å². The Morgan fingerprint density at radius 2 is 1.92 bits per heavy atom. The second-order valence-electron chi connectivity index (χ2n) is 6.73. The minimum Gasteiger partial charge on any atom is -0.359 e. The molecule has 2 rings (SSSR count). The summed E-state index contributed by atoms with van der Waals surface area (Å²) in [5.41, 5.74) is 1.40. The summed E-state index contributed by atoms with van der Waals surface area (Å²) in [6.07, 6.45) is 4.84. The van der Waals surface area contributed by atoms with Crippen molar-refractivity contribution in [2.24, 2.45) is 5.92 Å². The van der Waals surface area contributed by atoms with Gasteiger partial charge >= 0.3 is 0 Å². The molecule has 1 fully saturated rings. The van der Waals surface area contributed by atoms with Crippen LogP contribution in [0.1, 0.15) is 38.2 Å². The summed E-state index contributed by atoms with van der Waals surface area (Å²) in [6.45, 7) is 4.04. The van der Waals surface area contributed by atoms with Crippen LogP contribution in [-0.2, 0) is 10.0 Å². The molecule has 2 N–H and O–H groups in total. The third-order valence-corrected chi connectivity index (χ3v) is 6.81. The summed E-state index contributed by atoms with van der Waals surface area (Å²) in [5.74, 6) is 0.598. The molecular weight excluding hydrogens is 342 g/mol. The van der Waals surface area contributed by atoms with Crippen molar-refractivity contribution in [3.8, 4) is 0 Å². The molecule has 1 aromatic rings. The molecule has 0 heterocycles. The van der Waals surface area contributed by atoms with Crippen LogP contribution in [0.5, 0.6) is 0 Å². The van der Waals surface area contributed by atoms with E-state index in [0.717, 1.165) is 6.42 Å². The molecule has 0 saturated heterocycles. The van der Waals surface area contributed by atoms with Crippen molar-refractivity contribution in [1.29, 1.82) is 0 Å². The summed E-state index contributed by atoms with van der Waals surface area (Å²) >= 11 is 5.41. The average molecular weight is 370 g/mol. The van der Waals surface area contributed by atoms with Crippen LogP contribution in [0.3, 0.4) is 0 Å². The van der Waals surface area contributed by atoms with E-state index in [1.54, 1.807) is 19.1 Å². The molecule has 1 aliphatic carbocycles. The van der Waals surface area contributed by atoms with Gasteiger partial charge in [-0.2, -0.15) is 0 Å². The number of thiocarbonyl (C=S) groups is 1. The Labute approximate surface area is 150 Å². The number of aryl methyl sites for hydroxylation is 1. The largest absolute Gasteiger partial charge is 0.359 e. The zero-order chi connectivity index (χ0) is 17.9. The van der Waals surface area contributed by atoms with Crippen LogP contribution < -0.4 is 10.6 Å². The predicted molar refractivity (Wildman–Crippen MR) is 103 cm³/mol. The van der Waals surface area contributed by atoms with Crippen molar-refractivity contribution < 1.29 is 8.42 Å². The van der Waals surface area contributed by atoms with Gasteiger partial charge in [0.15, 0.2) is 5.11 Å². The lowest BCUT2D eigenvalue weighted by atomic mass is 9.86. The summed E-state index contributed by atoms with van der Waals surface area (Å²) in [6, 6.07) is 5.67. The molecule has 0 unspecified atom stereocenters. The quantitative estimate of drug-likeness (QED) is 0.799. The Kier molecular flexibility index (Phi) is 6.22. The Balaban J connectivity index is 2.11. The molecule has 0 radical (unpaired) electrons. The van der Waals surface area contributed by atoms with Crippen LogP contribution in [0.15, 0.2) is 23.1 Å². The lowest BCUT2D eigenvalue weighted by Crippen LogP contribution is -2.43. The van der Waals surface area contributed by atoms with Crippen LogP contribution in [0.2, 0.25) is 0 Å². The number of anilines is 1. The van der Waals surface area contributed by atoms with Gasteiger partial charge < -0.3 is 10.6 Å². The van der Waals surface area contributed by atoms with Crippen LogP contribution in [0.25, 0.3) is 0 Å². The second-order valence-corrected chi connectivity index (χ2v) is 9.26. The van der Waals surface area contributed by atoms with E-state index in [9.17, 15) is 8.42 Å². The predicted octanol–water partition coefficient (Wildman–Crippen LogP) is 3.11. The molecule has 0 aromatic heterocycles. The van der Waals surface area contributed by atoms with Gasteiger partial charge in [-0.05, 0) is 55.6 Å². The molecular formula is C17H27N3O2S2. The first-order valence-electron chi connectivity index (χ1n) is 8.32. The minimum absolute atomic E-state index is 0.298. The molecule has 0 bridgehead atoms. The van der Waals surface area contributed by atoms with Crippen molar-refractivity contribution in [2.45, 2.75) is 50.5 Å². The van der Waals surface area contributed by atoms with Gasteiger partial charge in [-0.25, -0.2) is 12.7 Å². The maximum Gasteiger partial charge on any atom is 0.242 e. The van der Waals surface area contributed by atoms with E-state index in [1.165, 1.54) is 37.7 Å². The fourth-order valence-electron chi connectivity index (χ4n) is 3.02. The smallest absolute Gasteiger partial charge is 0.242 e. The van der Waals surface area contributed by atoms with Gasteiger partial charge in [0.2, 0.25) is 10.0 Å². The van der Waals surface area contributed by atoms with Gasteiger partial charge in [0.05, 0.1) is 4.90 Å². The molecule has 0 amide bonds. The number of hydrogen-bond acceptors (Lipinski definition) is 3. The third kappa shape index (κ3) is 4.46. The fourth-order valence-corrected chi connectivity index (χ4v) is 4.43. The molecule has 1 aromatic carbocycles. The van der Waals surface area contributed by atoms with E-state index < -0.39 is 10.0 Å². The molecule has 24 heavy (non-hydrogen) atoms. The molecule has 1 aliphatic rings. The maximum atomic E-state index is 12.4. The summed E-state index contributed by atoms with van der Waals surface area (Å²) < 4.78 is 26.0. The van der Waals surface area contributed by atoms with Gasteiger partial charge in [-0.15, -0.1) is 0 Å². The molecule has 0 spiro atoms. The number of benzene rings is 1. The van der Waals surface area contributed by atoms with E-state index in [1.807, 2.05) is 6.07 Å². The van der Waals surface area contributed by atoms with Crippen LogP contribution >= 0.6 is 12.2 Å². The highest BCUT2D eigenvalue weighted by Gasteiger charge is 2.23. The molecule has 2 atom stereocenters. The van der Waals surface area contributed by atoms with Crippen LogP contribution in [0.4, 0.5) is 5.69 Å². The first kappa shape index (κ1) is 19.1. The van der Waals surface area contributed by atoms with Gasteiger partial charge in [-0.3, -0.25) is 0 Å². The lowest BCUT2D eigenvalue weighted by Gasteiger charge is -2.30. The topological polar surface area (TPSA) is 61.4 Å². The second kappa shape index (κ2) is 7.80. The van der Waals surface area contributed by atoms with Gasteiger partial charge in [0.25, 0.3) is 0 Å². The summed E-state index contributed by atoms with van der Waals surface area (Å²) in [4.78, 5) is 0.298. The number of nitrogens with zero attached hydrogens (tertiary/aromatic N) is 1. The number of hydrogen-bond donors (Lipinski definition) is 2. The summed E-state index contributed by atoms with van der Waals surface area (Å²) in [7, 11) is -0.406. The molecule has 7 heteroatoms. The lowest BCUT2D eigenvalue weighted by molar-refractivity contribution is 0.309. The molecule has 134 valence electrons. The molecule has 5 nitrogen and oxygen atoms in total. The van der Waals surface area contributed by atoms with E-state index in [4.69, 9.17) is 12.2 Å². The Morgan fingerprint density at radius 3 is 2.54 bits per heavy atom. The van der Waals surface area contributed by atoms with Gasteiger partial charge in [-0.1, -0.05) is 25.8 Å². The van der Waals surface area contributed by atoms with Crippen molar-refractivity contribution in [3.05, 3.63) is 23.8 Å².